The van der Waals surface area contributed by atoms with E-state index in [1.807, 2.05) is 4.90 Å². The molecule has 0 amide bonds. The molecule has 1 N–H and O–H groups in total. The van der Waals surface area contributed by atoms with Gasteiger partial charge in [0.2, 0.25) is 0 Å². The third-order valence-corrected chi connectivity index (χ3v) is 4.19. The minimum atomic E-state index is -1.07. The number of hydrogen-bond acceptors (Lipinski definition) is 3. The highest BCUT2D eigenvalue weighted by atomic mass is 32.2. The van der Waals surface area contributed by atoms with Gasteiger partial charge < -0.3 is 10.0 Å². The molecule has 102 valence electrons. The maximum atomic E-state index is 14.0. The van der Waals surface area contributed by atoms with Gasteiger partial charge in [0.05, 0.1) is 5.69 Å². The number of hydrogen-bond donors (Lipinski definition) is 1. The molecule has 0 bridgehead atoms. The highest BCUT2D eigenvalue weighted by molar-refractivity contribution is 7.85. The Morgan fingerprint density at radius 2 is 2.05 bits per heavy atom. The Bertz CT molecular complexity index is 535. The van der Waals surface area contributed by atoms with Crippen LogP contribution in [0.15, 0.2) is 24.3 Å². The highest BCUT2D eigenvalue weighted by Gasteiger charge is 2.20. The molecule has 0 spiro atoms. The van der Waals surface area contributed by atoms with Gasteiger partial charge in [-0.3, -0.25) is 4.21 Å². The standard InChI is InChI=1S/C13H14FNO3S/c14-11-3-1-2-10(4-5-12(16)17)13(11)15-6-8-19(18)9-7-15/h1-5H,6-9H2,(H,16,17)/b5-4+. The first-order valence-corrected chi connectivity index (χ1v) is 7.36. The van der Waals surface area contributed by atoms with Gasteiger partial charge in [-0.15, -0.1) is 0 Å². The van der Waals surface area contributed by atoms with Gasteiger partial charge in [-0.05, 0) is 12.1 Å². The molecule has 0 saturated carbocycles. The van der Waals surface area contributed by atoms with E-state index in [0.29, 0.717) is 35.8 Å². The van der Waals surface area contributed by atoms with Crippen LogP contribution in [-0.4, -0.2) is 39.9 Å². The van der Waals surface area contributed by atoms with Gasteiger partial charge >= 0.3 is 5.97 Å². The van der Waals surface area contributed by atoms with Crippen LogP contribution in [0.3, 0.4) is 0 Å². The number of carboxylic acids is 1. The Kier molecular flexibility index (Phi) is 4.31. The van der Waals surface area contributed by atoms with Crippen LogP contribution >= 0.6 is 0 Å². The van der Waals surface area contributed by atoms with Crippen LogP contribution in [-0.2, 0) is 15.6 Å². The van der Waals surface area contributed by atoms with Crippen LogP contribution in [0, 0.1) is 5.82 Å². The molecular formula is C13H14FNO3S. The lowest BCUT2D eigenvalue weighted by molar-refractivity contribution is -0.131. The second-order valence-electron chi connectivity index (χ2n) is 4.18. The SMILES string of the molecule is O=C(O)/C=C/c1cccc(F)c1N1CCS(=O)CC1. The molecule has 1 fully saturated rings. The van der Waals surface area contributed by atoms with Crippen LogP contribution in [0.1, 0.15) is 5.56 Å². The van der Waals surface area contributed by atoms with Crippen molar-refractivity contribution >= 4 is 28.5 Å². The first kappa shape index (κ1) is 13.7. The van der Waals surface area contributed by atoms with E-state index >= 15 is 0 Å². The number of para-hydroxylation sites is 1. The summed E-state index contributed by atoms with van der Waals surface area (Å²) < 4.78 is 25.3. The Labute approximate surface area is 113 Å². The molecular weight excluding hydrogens is 269 g/mol. The van der Waals surface area contributed by atoms with Gasteiger partial charge in [-0.2, -0.15) is 0 Å². The van der Waals surface area contributed by atoms with Crippen LogP contribution < -0.4 is 4.90 Å². The fourth-order valence-corrected chi connectivity index (χ4v) is 3.07. The third-order valence-electron chi connectivity index (χ3n) is 2.92. The van der Waals surface area contributed by atoms with Gasteiger partial charge in [0, 0.05) is 47.0 Å². The van der Waals surface area contributed by atoms with Gasteiger partial charge in [0.15, 0.2) is 0 Å². The summed E-state index contributed by atoms with van der Waals surface area (Å²) in [4.78, 5) is 12.4. The Morgan fingerprint density at radius 1 is 1.37 bits per heavy atom. The monoisotopic (exact) mass is 283 g/mol. The summed E-state index contributed by atoms with van der Waals surface area (Å²) in [7, 11) is -0.835. The van der Waals surface area contributed by atoms with Crippen molar-refractivity contribution in [3.05, 3.63) is 35.7 Å². The van der Waals surface area contributed by atoms with Crippen LogP contribution in [0.25, 0.3) is 6.08 Å². The summed E-state index contributed by atoms with van der Waals surface area (Å²) in [5.74, 6) is -0.442. The van der Waals surface area contributed by atoms with Crippen molar-refractivity contribution in [2.75, 3.05) is 29.5 Å². The van der Waals surface area contributed by atoms with E-state index in [2.05, 4.69) is 0 Å². The van der Waals surface area contributed by atoms with Crippen molar-refractivity contribution in [1.82, 2.24) is 0 Å². The van der Waals surface area contributed by atoms with Crippen molar-refractivity contribution in [2.45, 2.75) is 0 Å². The zero-order valence-corrected chi connectivity index (χ0v) is 11.0. The number of rotatable bonds is 3. The number of halogens is 1. The lowest BCUT2D eigenvalue weighted by Crippen LogP contribution is -2.38. The summed E-state index contributed by atoms with van der Waals surface area (Å²) >= 11 is 0. The maximum Gasteiger partial charge on any atom is 0.328 e. The number of nitrogens with zero attached hydrogens (tertiary/aromatic N) is 1. The number of carboxylic acid groups (broad SMARTS) is 1. The summed E-state index contributed by atoms with van der Waals surface area (Å²) in [6.45, 7) is 1.03. The predicted octanol–water partition coefficient (Wildman–Crippen LogP) is 1.49. The van der Waals surface area contributed by atoms with E-state index in [-0.39, 0.29) is 5.82 Å². The van der Waals surface area contributed by atoms with Crippen LogP contribution in [0.5, 0.6) is 0 Å². The Hall–Kier alpha value is -1.69. The molecule has 0 aromatic heterocycles. The molecule has 1 heterocycles. The average Bonchev–Trinajstić information content (AvgIpc) is 2.38. The average molecular weight is 283 g/mol. The fourth-order valence-electron chi connectivity index (χ4n) is 2.02. The van der Waals surface area contributed by atoms with Crippen LogP contribution in [0.2, 0.25) is 0 Å². The third kappa shape index (κ3) is 3.41. The molecule has 2 rings (SSSR count). The zero-order valence-electron chi connectivity index (χ0n) is 10.2. The minimum absolute atomic E-state index is 0.386. The predicted molar refractivity (Wildman–Crippen MR) is 73.2 cm³/mol. The summed E-state index contributed by atoms with van der Waals surface area (Å²) in [5.41, 5.74) is 0.909. The quantitative estimate of drug-likeness (QED) is 0.854. The first-order valence-electron chi connectivity index (χ1n) is 5.87. The second kappa shape index (κ2) is 5.97. The summed E-state index contributed by atoms with van der Waals surface area (Å²) in [6, 6.07) is 4.56. The van der Waals surface area contributed by atoms with E-state index in [4.69, 9.17) is 5.11 Å². The van der Waals surface area contributed by atoms with Crippen molar-refractivity contribution in [1.29, 1.82) is 0 Å². The van der Waals surface area contributed by atoms with Gasteiger partial charge in [0.1, 0.15) is 5.82 Å². The molecule has 6 heteroatoms. The lowest BCUT2D eigenvalue weighted by Gasteiger charge is -2.30. The van der Waals surface area contributed by atoms with Gasteiger partial charge in [-0.1, -0.05) is 12.1 Å². The van der Waals surface area contributed by atoms with Gasteiger partial charge in [-0.25, -0.2) is 9.18 Å². The van der Waals surface area contributed by atoms with Crippen molar-refractivity contribution < 1.29 is 18.5 Å². The zero-order chi connectivity index (χ0) is 13.8. The first-order chi connectivity index (χ1) is 9.08. The van der Waals surface area contributed by atoms with E-state index in [1.54, 1.807) is 12.1 Å². The molecule has 0 unspecified atom stereocenters. The molecule has 0 atom stereocenters. The number of carbonyl (C=O) groups is 1. The second-order valence-corrected chi connectivity index (χ2v) is 5.88. The van der Waals surface area contributed by atoms with Gasteiger partial charge in [0.25, 0.3) is 0 Å². The van der Waals surface area contributed by atoms with E-state index in [9.17, 15) is 13.4 Å². The topological polar surface area (TPSA) is 57.6 Å². The Morgan fingerprint density at radius 3 is 2.68 bits per heavy atom. The Balaban J connectivity index is 2.32. The molecule has 1 saturated heterocycles. The lowest BCUT2D eigenvalue weighted by atomic mass is 10.1. The molecule has 1 aromatic rings. The van der Waals surface area contributed by atoms with Crippen molar-refractivity contribution in [3.63, 3.8) is 0 Å². The number of benzene rings is 1. The highest BCUT2D eigenvalue weighted by Crippen LogP contribution is 2.26. The van der Waals surface area contributed by atoms with Crippen LogP contribution in [0.4, 0.5) is 10.1 Å². The maximum absolute atomic E-state index is 14.0. The molecule has 1 aliphatic heterocycles. The summed E-state index contributed by atoms with van der Waals surface area (Å²) in [5, 5.41) is 8.65. The molecule has 19 heavy (non-hydrogen) atoms. The molecule has 1 aliphatic rings. The molecule has 4 nitrogen and oxygen atoms in total. The largest absolute Gasteiger partial charge is 0.478 e. The normalized spacial score (nSPS) is 17.0. The number of anilines is 1. The summed E-state index contributed by atoms with van der Waals surface area (Å²) in [6.07, 6.45) is 2.37. The van der Waals surface area contributed by atoms with Crippen molar-refractivity contribution in [2.24, 2.45) is 0 Å². The number of aliphatic carboxylic acids is 1. The fraction of sp³-hybridized carbons (Fsp3) is 0.308. The smallest absolute Gasteiger partial charge is 0.328 e. The van der Waals surface area contributed by atoms with E-state index in [0.717, 1.165) is 6.08 Å². The van der Waals surface area contributed by atoms with E-state index in [1.165, 1.54) is 12.1 Å². The minimum Gasteiger partial charge on any atom is -0.478 e. The van der Waals surface area contributed by atoms with Crippen molar-refractivity contribution in [3.8, 4) is 0 Å². The van der Waals surface area contributed by atoms with E-state index < -0.39 is 16.8 Å². The molecule has 1 aromatic carbocycles. The molecule has 0 aliphatic carbocycles. The molecule has 0 radical (unpaired) electrons.